The Kier molecular flexibility index (Phi) is 5.34. The third-order valence-electron chi connectivity index (χ3n) is 3.93. The van der Waals surface area contributed by atoms with Gasteiger partial charge in [0.05, 0.1) is 15.4 Å². The van der Waals surface area contributed by atoms with Gasteiger partial charge in [0.2, 0.25) is 0 Å². The van der Waals surface area contributed by atoms with Crippen LogP contribution < -0.4 is 16.4 Å². The van der Waals surface area contributed by atoms with Crippen molar-refractivity contribution in [1.82, 2.24) is 5.32 Å². The summed E-state index contributed by atoms with van der Waals surface area (Å²) in [7, 11) is 0. The molecule has 0 unspecified atom stereocenters. The maximum atomic E-state index is 12.5. The second kappa shape index (κ2) is 7.84. The van der Waals surface area contributed by atoms with Crippen LogP contribution in [0.3, 0.4) is 0 Å². The maximum Gasteiger partial charge on any atom is 0.266 e. The van der Waals surface area contributed by atoms with E-state index in [-0.39, 0.29) is 11.8 Å². The molecule has 132 valence electrons. The van der Waals surface area contributed by atoms with E-state index in [9.17, 15) is 9.59 Å². The highest BCUT2D eigenvalue weighted by Crippen LogP contribution is 2.31. The van der Waals surface area contributed by atoms with Crippen molar-refractivity contribution in [2.24, 2.45) is 0 Å². The Hall–Kier alpha value is -3.12. The molecule has 6 heteroatoms. The van der Waals surface area contributed by atoms with E-state index in [0.29, 0.717) is 33.2 Å². The van der Waals surface area contributed by atoms with Crippen molar-refractivity contribution < 1.29 is 9.59 Å². The SMILES string of the molecule is Cc1c(C(=O)Nc2ccccc2)sc(N)c1C(=O)NCc1ccccc1. The molecule has 26 heavy (non-hydrogen) atoms. The average Bonchev–Trinajstić information content (AvgIpc) is 2.96. The van der Waals surface area contributed by atoms with Crippen LogP contribution >= 0.6 is 11.3 Å². The summed E-state index contributed by atoms with van der Waals surface area (Å²) in [6, 6.07) is 18.8. The van der Waals surface area contributed by atoms with Crippen LogP contribution in [-0.4, -0.2) is 11.8 Å². The summed E-state index contributed by atoms with van der Waals surface area (Å²) in [6.45, 7) is 2.14. The smallest absolute Gasteiger partial charge is 0.266 e. The van der Waals surface area contributed by atoms with Gasteiger partial charge in [-0.25, -0.2) is 0 Å². The highest BCUT2D eigenvalue weighted by atomic mass is 32.1. The third-order valence-corrected chi connectivity index (χ3v) is 5.05. The van der Waals surface area contributed by atoms with Gasteiger partial charge < -0.3 is 16.4 Å². The zero-order valence-electron chi connectivity index (χ0n) is 14.3. The first-order valence-corrected chi connectivity index (χ1v) is 8.95. The van der Waals surface area contributed by atoms with Gasteiger partial charge in [-0.15, -0.1) is 11.3 Å². The second-order valence-electron chi connectivity index (χ2n) is 5.78. The van der Waals surface area contributed by atoms with Crippen LogP contribution in [0.2, 0.25) is 0 Å². The van der Waals surface area contributed by atoms with Crippen molar-refractivity contribution in [2.75, 3.05) is 11.1 Å². The maximum absolute atomic E-state index is 12.5. The van der Waals surface area contributed by atoms with Gasteiger partial charge in [-0.3, -0.25) is 9.59 Å². The van der Waals surface area contributed by atoms with Crippen LogP contribution in [0.15, 0.2) is 60.7 Å². The molecule has 0 aliphatic carbocycles. The summed E-state index contributed by atoms with van der Waals surface area (Å²) in [6.07, 6.45) is 0. The molecule has 1 aromatic heterocycles. The Morgan fingerprint density at radius 3 is 2.23 bits per heavy atom. The fourth-order valence-corrected chi connectivity index (χ4v) is 3.58. The summed E-state index contributed by atoms with van der Waals surface area (Å²) in [5.41, 5.74) is 8.66. The van der Waals surface area contributed by atoms with Crippen LogP contribution in [0, 0.1) is 6.92 Å². The third kappa shape index (κ3) is 3.92. The number of nitrogens with one attached hydrogen (secondary N) is 2. The van der Waals surface area contributed by atoms with Crippen molar-refractivity contribution in [3.05, 3.63) is 82.2 Å². The van der Waals surface area contributed by atoms with E-state index in [1.807, 2.05) is 48.5 Å². The van der Waals surface area contributed by atoms with Crippen LogP contribution in [0.25, 0.3) is 0 Å². The Labute approximate surface area is 155 Å². The molecule has 2 aromatic carbocycles. The molecular formula is C20H19N3O2S. The molecule has 4 N–H and O–H groups in total. The van der Waals surface area contributed by atoms with Crippen LogP contribution in [0.4, 0.5) is 10.7 Å². The number of amides is 2. The molecule has 0 aliphatic heterocycles. The average molecular weight is 365 g/mol. The molecule has 0 bridgehead atoms. The summed E-state index contributed by atoms with van der Waals surface area (Å²) < 4.78 is 0. The number of thiophene rings is 1. The topological polar surface area (TPSA) is 84.2 Å². The van der Waals surface area contributed by atoms with Gasteiger partial charge in [-0.2, -0.15) is 0 Å². The number of nitrogens with two attached hydrogens (primary N) is 1. The first-order chi connectivity index (χ1) is 12.6. The highest BCUT2D eigenvalue weighted by Gasteiger charge is 2.23. The molecular weight excluding hydrogens is 346 g/mol. The zero-order valence-corrected chi connectivity index (χ0v) is 15.1. The molecule has 0 radical (unpaired) electrons. The fourth-order valence-electron chi connectivity index (χ4n) is 2.61. The Morgan fingerprint density at radius 1 is 0.962 bits per heavy atom. The first-order valence-electron chi connectivity index (χ1n) is 8.13. The van der Waals surface area contributed by atoms with E-state index in [1.54, 1.807) is 19.1 Å². The molecule has 0 spiro atoms. The number of hydrogen-bond acceptors (Lipinski definition) is 4. The van der Waals surface area contributed by atoms with E-state index < -0.39 is 0 Å². The summed E-state index contributed by atoms with van der Waals surface area (Å²) in [5.74, 6) is -0.550. The molecule has 0 atom stereocenters. The second-order valence-corrected chi connectivity index (χ2v) is 6.84. The number of carbonyl (C=O) groups is 2. The molecule has 1 heterocycles. The van der Waals surface area contributed by atoms with Crippen molar-refractivity contribution >= 4 is 33.8 Å². The lowest BCUT2D eigenvalue weighted by Crippen LogP contribution is -2.24. The largest absolute Gasteiger partial charge is 0.390 e. The predicted molar refractivity (Wildman–Crippen MR) is 105 cm³/mol. The van der Waals surface area contributed by atoms with Gasteiger partial charge in [0.1, 0.15) is 0 Å². The van der Waals surface area contributed by atoms with E-state index in [4.69, 9.17) is 5.73 Å². The summed E-state index contributed by atoms with van der Waals surface area (Å²) >= 11 is 1.12. The number of carbonyl (C=O) groups excluding carboxylic acids is 2. The highest BCUT2D eigenvalue weighted by molar-refractivity contribution is 7.18. The zero-order chi connectivity index (χ0) is 18.5. The Bertz CT molecular complexity index is 921. The monoisotopic (exact) mass is 365 g/mol. The minimum Gasteiger partial charge on any atom is -0.390 e. The van der Waals surface area contributed by atoms with Gasteiger partial charge in [-0.05, 0) is 30.2 Å². The van der Waals surface area contributed by atoms with Crippen molar-refractivity contribution in [1.29, 1.82) is 0 Å². The van der Waals surface area contributed by atoms with Gasteiger partial charge in [0.25, 0.3) is 11.8 Å². The number of para-hydroxylation sites is 1. The lowest BCUT2D eigenvalue weighted by Gasteiger charge is -2.07. The van der Waals surface area contributed by atoms with Crippen LogP contribution in [-0.2, 0) is 6.54 Å². The van der Waals surface area contributed by atoms with Crippen molar-refractivity contribution in [3.63, 3.8) is 0 Å². The predicted octanol–water partition coefficient (Wildman–Crippen LogP) is 3.82. The normalized spacial score (nSPS) is 10.3. The number of rotatable bonds is 5. The van der Waals surface area contributed by atoms with Gasteiger partial charge >= 0.3 is 0 Å². The first kappa shape index (κ1) is 17.7. The molecule has 5 nitrogen and oxygen atoms in total. The van der Waals surface area contributed by atoms with E-state index >= 15 is 0 Å². The number of benzene rings is 2. The Balaban J connectivity index is 1.74. The minimum absolute atomic E-state index is 0.271. The van der Waals surface area contributed by atoms with Crippen molar-refractivity contribution in [2.45, 2.75) is 13.5 Å². The summed E-state index contributed by atoms with van der Waals surface area (Å²) in [5, 5.41) is 6.01. The molecule has 0 saturated carbocycles. The molecule has 0 aliphatic rings. The molecule has 3 rings (SSSR count). The molecule has 0 saturated heterocycles. The van der Waals surface area contributed by atoms with Crippen LogP contribution in [0.5, 0.6) is 0 Å². The van der Waals surface area contributed by atoms with Gasteiger partial charge in [0, 0.05) is 12.2 Å². The lowest BCUT2D eigenvalue weighted by atomic mass is 10.1. The molecule has 3 aromatic rings. The standard InChI is InChI=1S/C20H19N3O2S/c1-13-16(19(24)22-12-14-8-4-2-5-9-14)18(21)26-17(13)20(25)23-15-10-6-3-7-11-15/h2-11H,12,21H2,1H3,(H,22,24)(H,23,25). The van der Waals surface area contributed by atoms with E-state index in [0.717, 1.165) is 16.9 Å². The number of nitrogen functional groups attached to an aromatic ring is 1. The fraction of sp³-hybridized carbons (Fsp3) is 0.100. The van der Waals surface area contributed by atoms with Crippen molar-refractivity contribution in [3.8, 4) is 0 Å². The Morgan fingerprint density at radius 2 is 1.58 bits per heavy atom. The van der Waals surface area contributed by atoms with E-state index in [2.05, 4.69) is 10.6 Å². The summed E-state index contributed by atoms with van der Waals surface area (Å²) in [4.78, 5) is 25.5. The molecule has 2 amide bonds. The number of anilines is 2. The number of hydrogen-bond donors (Lipinski definition) is 3. The van der Waals surface area contributed by atoms with Gasteiger partial charge in [0.15, 0.2) is 0 Å². The van der Waals surface area contributed by atoms with Gasteiger partial charge in [-0.1, -0.05) is 48.5 Å². The van der Waals surface area contributed by atoms with E-state index in [1.165, 1.54) is 0 Å². The quantitative estimate of drug-likeness (QED) is 0.643. The minimum atomic E-state index is -0.279. The lowest BCUT2D eigenvalue weighted by molar-refractivity contribution is 0.0951. The molecule has 0 fully saturated rings. The van der Waals surface area contributed by atoms with Crippen LogP contribution in [0.1, 0.15) is 31.2 Å².